The third-order valence-corrected chi connectivity index (χ3v) is 2.63. The highest BCUT2D eigenvalue weighted by Gasteiger charge is 2.16. The van der Waals surface area contributed by atoms with Crippen LogP contribution in [0.2, 0.25) is 0 Å². The second-order valence-corrected chi connectivity index (χ2v) is 3.52. The van der Waals surface area contributed by atoms with Gasteiger partial charge in [0.1, 0.15) is 18.2 Å². The summed E-state index contributed by atoms with van der Waals surface area (Å²) < 4.78 is 19.1. The van der Waals surface area contributed by atoms with Crippen molar-refractivity contribution in [2.75, 3.05) is 6.61 Å². The third kappa shape index (κ3) is 1.22. The molecule has 0 aliphatic carbocycles. The Labute approximate surface area is 86.8 Å². The maximum atomic E-state index is 13.7. The Bertz CT molecular complexity index is 557. The van der Waals surface area contributed by atoms with Crippen molar-refractivity contribution in [3.63, 3.8) is 0 Å². The molecule has 0 unspecified atom stereocenters. The topological polar surface area (TPSA) is 9.23 Å². The first-order valence-corrected chi connectivity index (χ1v) is 4.87. The van der Waals surface area contributed by atoms with Gasteiger partial charge in [-0.15, -0.1) is 0 Å². The highest BCUT2D eigenvalue weighted by molar-refractivity contribution is 5.95. The third-order valence-electron chi connectivity index (χ3n) is 2.63. The lowest BCUT2D eigenvalue weighted by Crippen LogP contribution is -2.03. The van der Waals surface area contributed by atoms with Crippen LogP contribution in [0.3, 0.4) is 0 Å². The van der Waals surface area contributed by atoms with Gasteiger partial charge in [-0.05, 0) is 22.9 Å². The predicted molar refractivity (Wildman–Crippen MR) is 58.5 cm³/mol. The van der Waals surface area contributed by atoms with Gasteiger partial charge >= 0.3 is 0 Å². The van der Waals surface area contributed by atoms with E-state index in [0.29, 0.717) is 17.9 Å². The second kappa shape index (κ2) is 3.09. The first-order chi connectivity index (χ1) is 7.36. The zero-order chi connectivity index (χ0) is 10.3. The van der Waals surface area contributed by atoms with Gasteiger partial charge in [-0.1, -0.05) is 30.3 Å². The molecule has 0 aromatic heterocycles. The lowest BCUT2D eigenvalue weighted by Gasteiger charge is -2.16. The van der Waals surface area contributed by atoms with Crippen LogP contribution in [0.25, 0.3) is 16.6 Å². The molecule has 0 saturated carbocycles. The van der Waals surface area contributed by atoms with E-state index in [0.717, 1.165) is 10.8 Å². The Morgan fingerprint density at radius 2 is 1.93 bits per heavy atom. The minimum atomic E-state index is -0.187. The molecule has 2 aromatic carbocycles. The van der Waals surface area contributed by atoms with Gasteiger partial charge < -0.3 is 4.74 Å². The van der Waals surface area contributed by atoms with Crippen LogP contribution >= 0.6 is 0 Å². The van der Waals surface area contributed by atoms with Crippen LogP contribution in [0.15, 0.2) is 42.5 Å². The number of rotatable bonds is 0. The molecule has 0 bridgehead atoms. The van der Waals surface area contributed by atoms with Gasteiger partial charge in [-0.25, -0.2) is 4.39 Å². The fourth-order valence-corrected chi connectivity index (χ4v) is 1.92. The van der Waals surface area contributed by atoms with E-state index >= 15 is 0 Å². The smallest absolute Gasteiger partial charge is 0.134 e. The number of benzene rings is 2. The average molecular weight is 200 g/mol. The lowest BCUT2D eigenvalue weighted by molar-refractivity contribution is 0.354. The minimum absolute atomic E-state index is 0.187. The van der Waals surface area contributed by atoms with Gasteiger partial charge in [0.25, 0.3) is 0 Å². The van der Waals surface area contributed by atoms with Crippen LogP contribution in [-0.2, 0) is 0 Å². The van der Waals surface area contributed by atoms with Gasteiger partial charge in [0.15, 0.2) is 0 Å². The molecule has 0 N–H and O–H groups in total. The molecule has 1 nitrogen and oxygen atoms in total. The zero-order valence-electron chi connectivity index (χ0n) is 8.03. The first-order valence-electron chi connectivity index (χ1n) is 4.87. The monoisotopic (exact) mass is 200 g/mol. The van der Waals surface area contributed by atoms with Crippen molar-refractivity contribution in [1.29, 1.82) is 0 Å². The van der Waals surface area contributed by atoms with E-state index in [2.05, 4.69) is 0 Å². The van der Waals surface area contributed by atoms with Crippen molar-refractivity contribution >= 4 is 16.6 Å². The molecule has 0 spiro atoms. The van der Waals surface area contributed by atoms with Crippen molar-refractivity contribution in [3.05, 3.63) is 48.0 Å². The maximum absolute atomic E-state index is 13.7. The molecule has 2 heteroatoms. The Hall–Kier alpha value is -1.83. The largest absolute Gasteiger partial charge is 0.489 e. The molecule has 1 aliphatic rings. The molecule has 0 radical (unpaired) electrons. The Balaban J connectivity index is 2.43. The Morgan fingerprint density at radius 1 is 1.07 bits per heavy atom. The number of hydrogen-bond acceptors (Lipinski definition) is 1. The number of ether oxygens (including phenoxy) is 1. The van der Waals surface area contributed by atoms with Crippen molar-refractivity contribution in [1.82, 2.24) is 0 Å². The van der Waals surface area contributed by atoms with Crippen LogP contribution in [-0.4, -0.2) is 6.61 Å². The summed E-state index contributed by atoms with van der Waals surface area (Å²) in [6.45, 7) is 0.317. The summed E-state index contributed by atoms with van der Waals surface area (Å²) in [6.07, 6.45) is 1.47. The van der Waals surface area contributed by atoms with Crippen LogP contribution in [0.4, 0.5) is 4.39 Å². The lowest BCUT2D eigenvalue weighted by atomic mass is 10.0. The Kier molecular flexibility index (Phi) is 1.75. The molecular formula is C13H9FO. The highest BCUT2D eigenvalue weighted by atomic mass is 19.1. The van der Waals surface area contributed by atoms with Crippen molar-refractivity contribution in [2.45, 2.75) is 0 Å². The fourth-order valence-electron chi connectivity index (χ4n) is 1.92. The molecule has 1 aliphatic heterocycles. The second-order valence-electron chi connectivity index (χ2n) is 3.52. The van der Waals surface area contributed by atoms with Crippen molar-refractivity contribution in [2.24, 2.45) is 0 Å². The number of halogens is 1. The van der Waals surface area contributed by atoms with E-state index in [1.807, 2.05) is 36.4 Å². The summed E-state index contributed by atoms with van der Waals surface area (Å²) in [6, 6.07) is 11.5. The van der Waals surface area contributed by atoms with Crippen LogP contribution in [0.1, 0.15) is 5.56 Å². The standard InChI is InChI=1S/C13H9FO/c14-11-7-8-15-12-6-5-9-3-1-2-4-10(9)13(11)12/h1-7H,8H2. The van der Waals surface area contributed by atoms with Gasteiger partial charge in [0, 0.05) is 0 Å². The molecular weight excluding hydrogens is 191 g/mol. The quantitative estimate of drug-likeness (QED) is 0.632. The summed E-state index contributed by atoms with van der Waals surface area (Å²) in [5, 5.41) is 1.94. The number of fused-ring (bicyclic) bond motifs is 3. The van der Waals surface area contributed by atoms with Crippen molar-refractivity contribution < 1.29 is 9.13 Å². The van der Waals surface area contributed by atoms with Crippen LogP contribution < -0.4 is 4.74 Å². The maximum Gasteiger partial charge on any atom is 0.134 e. The van der Waals surface area contributed by atoms with E-state index in [1.54, 1.807) is 0 Å². The van der Waals surface area contributed by atoms with E-state index < -0.39 is 0 Å². The predicted octanol–water partition coefficient (Wildman–Crippen LogP) is 3.54. The normalized spacial score (nSPS) is 14.3. The minimum Gasteiger partial charge on any atom is -0.489 e. The molecule has 0 saturated heterocycles. The van der Waals surface area contributed by atoms with Gasteiger partial charge in [-0.2, -0.15) is 0 Å². The Morgan fingerprint density at radius 3 is 2.87 bits per heavy atom. The summed E-state index contributed by atoms with van der Waals surface area (Å²) >= 11 is 0. The highest BCUT2D eigenvalue weighted by Crippen LogP contribution is 2.36. The van der Waals surface area contributed by atoms with Crippen molar-refractivity contribution in [3.8, 4) is 5.75 Å². The SMILES string of the molecule is FC1=CCOc2ccc3ccccc3c21. The molecule has 0 atom stereocenters. The van der Waals surface area contributed by atoms with E-state index in [4.69, 9.17) is 4.74 Å². The molecule has 2 aromatic rings. The van der Waals surface area contributed by atoms with Gasteiger partial charge in [0.2, 0.25) is 0 Å². The summed E-state index contributed by atoms with van der Waals surface area (Å²) in [7, 11) is 0. The molecule has 1 heterocycles. The van der Waals surface area contributed by atoms with E-state index in [9.17, 15) is 4.39 Å². The summed E-state index contributed by atoms with van der Waals surface area (Å²) in [5.74, 6) is 0.446. The first kappa shape index (κ1) is 8.48. The zero-order valence-corrected chi connectivity index (χ0v) is 8.03. The molecule has 74 valence electrons. The molecule has 0 amide bonds. The van der Waals surface area contributed by atoms with Crippen LogP contribution in [0.5, 0.6) is 5.75 Å². The fraction of sp³-hybridized carbons (Fsp3) is 0.0769. The molecule has 0 fully saturated rings. The average Bonchev–Trinajstić information content (AvgIpc) is 2.29. The molecule has 3 rings (SSSR count). The number of hydrogen-bond donors (Lipinski definition) is 0. The molecule has 15 heavy (non-hydrogen) atoms. The van der Waals surface area contributed by atoms with Gasteiger partial charge in [-0.3, -0.25) is 0 Å². The van der Waals surface area contributed by atoms with E-state index in [1.165, 1.54) is 6.08 Å². The van der Waals surface area contributed by atoms with Gasteiger partial charge in [0.05, 0.1) is 5.56 Å². The summed E-state index contributed by atoms with van der Waals surface area (Å²) in [5.41, 5.74) is 0.583. The summed E-state index contributed by atoms with van der Waals surface area (Å²) in [4.78, 5) is 0. The van der Waals surface area contributed by atoms with E-state index in [-0.39, 0.29) is 5.83 Å². The van der Waals surface area contributed by atoms with Crippen LogP contribution in [0, 0.1) is 0 Å².